The van der Waals surface area contributed by atoms with Crippen LogP contribution in [0.3, 0.4) is 0 Å². The molecule has 2 nitrogen and oxygen atoms in total. The highest BCUT2D eigenvalue weighted by Gasteiger charge is 2.20. The van der Waals surface area contributed by atoms with Crippen LogP contribution < -0.4 is 5.73 Å². The van der Waals surface area contributed by atoms with Crippen molar-refractivity contribution in [3.63, 3.8) is 0 Å². The fraction of sp³-hybridized carbons (Fsp3) is 0.533. The van der Waals surface area contributed by atoms with E-state index in [0.29, 0.717) is 11.8 Å². The van der Waals surface area contributed by atoms with Gasteiger partial charge in [-0.15, -0.1) is 11.8 Å². The van der Waals surface area contributed by atoms with Gasteiger partial charge in [-0.2, -0.15) is 5.26 Å². The Morgan fingerprint density at radius 3 is 2.94 bits per heavy atom. The van der Waals surface area contributed by atoms with E-state index >= 15 is 0 Å². The summed E-state index contributed by atoms with van der Waals surface area (Å²) >= 11 is 1.88. The third-order valence-corrected chi connectivity index (χ3v) is 4.95. The summed E-state index contributed by atoms with van der Waals surface area (Å²) in [5.41, 5.74) is 7.42. The van der Waals surface area contributed by atoms with Crippen LogP contribution in [-0.2, 0) is 6.54 Å². The molecule has 2 atom stereocenters. The number of hydrogen-bond donors (Lipinski definition) is 1. The Bertz CT molecular complexity index is 450. The molecule has 0 saturated heterocycles. The van der Waals surface area contributed by atoms with Gasteiger partial charge in [-0.1, -0.05) is 25.8 Å². The molecule has 1 aromatic carbocycles. The van der Waals surface area contributed by atoms with E-state index in [1.807, 2.05) is 23.9 Å². The Labute approximate surface area is 114 Å². The number of nitrogens with zero attached hydrogens (tertiary/aromatic N) is 1. The highest BCUT2D eigenvalue weighted by atomic mass is 32.2. The molecule has 1 fully saturated rings. The smallest absolute Gasteiger partial charge is 0.100 e. The highest BCUT2D eigenvalue weighted by molar-refractivity contribution is 8.00. The number of nitrogens with two attached hydrogens (primary N) is 1. The van der Waals surface area contributed by atoms with E-state index in [1.54, 1.807) is 0 Å². The quantitative estimate of drug-likeness (QED) is 0.901. The summed E-state index contributed by atoms with van der Waals surface area (Å²) in [6, 6.07) is 8.32. The molecule has 2 N–H and O–H groups in total. The Morgan fingerprint density at radius 1 is 1.44 bits per heavy atom. The minimum atomic E-state index is 0.500. The molecule has 0 heterocycles. The van der Waals surface area contributed by atoms with Crippen LogP contribution in [0.2, 0.25) is 0 Å². The lowest BCUT2D eigenvalue weighted by atomic mass is 9.91. The molecule has 1 aliphatic rings. The van der Waals surface area contributed by atoms with Crippen molar-refractivity contribution < 1.29 is 0 Å². The van der Waals surface area contributed by atoms with Gasteiger partial charge in [0.1, 0.15) is 6.07 Å². The van der Waals surface area contributed by atoms with Crippen molar-refractivity contribution in [2.24, 2.45) is 11.7 Å². The third kappa shape index (κ3) is 3.28. The molecule has 1 aromatic rings. The fourth-order valence-corrected chi connectivity index (χ4v) is 4.01. The van der Waals surface area contributed by atoms with Gasteiger partial charge in [0.2, 0.25) is 0 Å². The van der Waals surface area contributed by atoms with Crippen molar-refractivity contribution in [3.8, 4) is 6.07 Å². The van der Waals surface area contributed by atoms with Gasteiger partial charge in [-0.05, 0) is 36.5 Å². The second kappa shape index (κ2) is 6.26. The Hall–Kier alpha value is -0.980. The van der Waals surface area contributed by atoms with Crippen LogP contribution in [0.15, 0.2) is 23.1 Å². The van der Waals surface area contributed by atoms with E-state index < -0.39 is 0 Å². The lowest BCUT2D eigenvalue weighted by Crippen LogP contribution is -2.15. The number of nitriles is 1. The second-order valence-corrected chi connectivity index (χ2v) is 6.50. The zero-order valence-electron chi connectivity index (χ0n) is 10.9. The van der Waals surface area contributed by atoms with Crippen molar-refractivity contribution in [1.29, 1.82) is 5.26 Å². The summed E-state index contributed by atoms with van der Waals surface area (Å²) < 4.78 is 0. The van der Waals surface area contributed by atoms with Crippen molar-refractivity contribution in [2.75, 3.05) is 0 Å². The van der Waals surface area contributed by atoms with Crippen molar-refractivity contribution >= 4 is 11.8 Å². The first kappa shape index (κ1) is 13.5. The van der Waals surface area contributed by atoms with Crippen LogP contribution in [0.4, 0.5) is 0 Å². The molecule has 2 rings (SSSR count). The van der Waals surface area contributed by atoms with Gasteiger partial charge >= 0.3 is 0 Å². The van der Waals surface area contributed by atoms with Gasteiger partial charge in [0.05, 0.1) is 5.56 Å². The summed E-state index contributed by atoms with van der Waals surface area (Å²) in [6.07, 6.45) is 5.22. The predicted octanol–water partition coefficient (Wildman–Crippen LogP) is 3.69. The van der Waals surface area contributed by atoms with Crippen LogP contribution >= 0.6 is 11.8 Å². The molecule has 2 unspecified atom stereocenters. The van der Waals surface area contributed by atoms with Gasteiger partial charge < -0.3 is 5.73 Å². The normalized spacial score (nSPS) is 23.6. The molecule has 1 aliphatic carbocycles. The molecule has 96 valence electrons. The largest absolute Gasteiger partial charge is 0.326 e. The first-order chi connectivity index (χ1) is 8.72. The zero-order valence-corrected chi connectivity index (χ0v) is 11.7. The minimum absolute atomic E-state index is 0.500. The average Bonchev–Trinajstić information content (AvgIpc) is 2.39. The highest BCUT2D eigenvalue weighted by Crippen LogP contribution is 2.37. The van der Waals surface area contributed by atoms with Crippen molar-refractivity contribution in [2.45, 2.75) is 49.3 Å². The molecule has 3 heteroatoms. The van der Waals surface area contributed by atoms with Gasteiger partial charge in [-0.25, -0.2) is 0 Å². The number of thioether (sulfide) groups is 1. The summed E-state index contributed by atoms with van der Waals surface area (Å²) in [5.74, 6) is 0.824. The molecule has 0 spiro atoms. The second-order valence-electron chi connectivity index (χ2n) is 5.16. The maximum absolute atomic E-state index is 9.22. The predicted molar refractivity (Wildman–Crippen MR) is 76.3 cm³/mol. The molecule has 0 aromatic heterocycles. The van der Waals surface area contributed by atoms with E-state index in [4.69, 9.17) is 5.73 Å². The van der Waals surface area contributed by atoms with Gasteiger partial charge in [-0.3, -0.25) is 0 Å². The maximum atomic E-state index is 9.22. The summed E-state index contributed by atoms with van der Waals surface area (Å²) in [5, 5.41) is 9.89. The van der Waals surface area contributed by atoms with E-state index in [2.05, 4.69) is 19.1 Å². The summed E-state index contributed by atoms with van der Waals surface area (Å²) in [7, 11) is 0. The van der Waals surface area contributed by atoms with Crippen LogP contribution in [0.25, 0.3) is 0 Å². The number of benzene rings is 1. The minimum Gasteiger partial charge on any atom is -0.326 e. The monoisotopic (exact) mass is 260 g/mol. The van der Waals surface area contributed by atoms with Crippen LogP contribution in [0.5, 0.6) is 0 Å². The van der Waals surface area contributed by atoms with Crippen LogP contribution in [0.1, 0.15) is 43.7 Å². The van der Waals surface area contributed by atoms with Crippen molar-refractivity contribution in [1.82, 2.24) is 0 Å². The number of rotatable bonds is 3. The lowest BCUT2D eigenvalue weighted by molar-refractivity contribution is 0.394. The summed E-state index contributed by atoms with van der Waals surface area (Å²) in [4.78, 5) is 1.12. The Morgan fingerprint density at radius 2 is 2.28 bits per heavy atom. The van der Waals surface area contributed by atoms with E-state index in [0.717, 1.165) is 21.9 Å². The lowest BCUT2D eigenvalue weighted by Gasteiger charge is -2.26. The Kier molecular flexibility index (Phi) is 4.68. The van der Waals surface area contributed by atoms with Crippen LogP contribution in [0, 0.1) is 17.2 Å². The molecular weight excluding hydrogens is 240 g/mol. The topological polar surface area (TPSA) is 49.8 Å². The molecule has 1 saturated carbocycles. The zero-order chi connectivity index (χ0) is 13.0. The first-order valence-corrected chi connectivity index (χ1v) is 7.50. The van der Waals surface area contributed by atoms with E-state index in [1.165, 1.54) is 25.7 Å². The Balaban J connectivity index is 2.11. The van der Waals surface area contributed by atoms with E-state index in [-0.39, 0.29) is 0 Å². The average molecular weight is 260 g/mol. The SMILES string of the molecule is CC1CCCC(Sc2ccc(CN)cc2C#N)C1. The van der Waals surface area contributed by atoms with Crippen LogP contribution in [-0.4, -0.2) is 5.25 Å². The molecule has 0 amide bonds. The summed E-state index contributed by atoms with van der Waals surface area (Å²) in [6.45, 7) is 2.83. The van der Waals surface area contributed by atoms with Gasteiger partial charge in [0.15, 0.2) is 0 Å². The van der Waals surface area contributed by atoms with E-state index in [9.17, 15) is 5.26 Å². The third-order valence-electron chi connectivity index (χ3n) is 3.58. The van der Waals surface area contributed by atoms with Gasteiger partial charge in [0.25, 0.3) is 0 Å². The maximum Gasteiger partial charge on any atom is 0.100 e. The molecule has 18 heavy (non-hydrogen) atoms. The standard InChI is InChI=1S/C15H20N2S/c1-11-3-2-4-14(7-11)18-15-6-5-12(9-16)8-13(15)10-17/h5-6,8,11,14H,2-4,7,9,16H2,1H3. The number of hydrogen-bond acceptors (Lipinski definition) is 3. The van der Waals surface area contributed by atoms with Crippen molar-refractivity contribution in [3.05, 3.63) is 29.3 Å². The molecule has 0 radical (unpaired) electrons. The molecule has 0 aliphatic heterocycles. The fourth-order valence-electron chi connectivity index (χ4n) is 2.56. The van der Waals surface area contributed by atoms with Gasteiger partial charge in [0, 0.05) is 16.7 Å². The first-order valence-electron chi connectivity index (χ1n) is 6.62. The molecular formula is C15H20N2S. The molecule has 0 bridgehead atoms.